The molecule has 2 aliphatic heterocycles. The van der Waals surface area contributed by atoms with Crippen molar-refractivity contribution in [2.24, 2.45) is 0 Å². The van der Waals surface area contributed by atoms with Crippen molar-refractivity contribution < 1.29 is 0 Å². The van der Waals surface area contributed by atoms with Crippen LogP contribution in [-0.4, -0.2) is 22.6 Å². The van der Waals surface area contributed by atoms with Gasteiger partial charge in [-0.25, -0.2) is 4.79 Å². The molecular weight excluding hydrogens is 180 g/mol. The van der Waals surface area contributed by atoms with E-state index < -0.39 is 0 Å². The van der Waals surface area contributed by atoms with Crippen LogP contribution in [0.2, 0.25) is 0 Å². The molecule has 0 aromatic carbocycles. The third-order valence-electron chi connectivity index (χ3n) is 2.80. The minimum Gasteiger partial charge on any atom is -0.371 e. The van der Waals surface area contributed by atoms with E-state index in [4.69, 9.17) is 0 Å². The first kappa shape index (κ1) is 7.84. The Labute approximate surface area is 81.2 Å². The Balaban J connectivity index is 2.28. The Hall–Kier alpha value is -1.52. The molecule has 3 heterocycles. The highest BCUT2D eigenvalue weighted by Gasteiger charge is 2.22. The van der Waals surface area contributed by atoms with Crippen molar-refractivity contribution in [3.8, 4) is 0 Å². The third-order valence-corrected chi connectivity index (χ3v) is 2.80. The fourth-order valence-corrected chi connectivity index (χ4v) is 2.14. The van der Waals surface area contributed by atoms with Gasteiger partial charge in [0, 0.05) is 25.2 Å². The summed E-state index contributed by atoms with van der Waals surface area (Å²) in [5, 5.41) is 6.41. The molecule has 5 heteroatoms. The van der Waals surface area contributed by atoms with Gasteiger partial charge >= 0.3 is 5.69 Å². The van der Waals surface area contributed by atoms with Crippen LogP contribution >= 0.6 is 0 Å². The Bertz CT molecular complexity index is 437. The minimum atomic E-state index is -0.139. The molecule has 2 N–H and O–H groups in total. The first-order valence-corrected chi connectivity index (χ1v) is 4.98. The maximum Gasteiger partial charge on any atom is 0.351 e. The van der Waals surface area contributed by atoms with Crippen LogP contribution in [0.4, 0.5) is 11.6 Å². The molecule has 0 saturated carbocycles. The van der Waals surface area contributed by atoms with E-state index in [0.717, 1.165) is 44.1 Å². The Kier molecular flexibility index (Phi) is 1.53. The van der Waals surface area contributed by atoms with Gasteiger partial charge in [0.25, 0.3) is 0 Å². The van der Waals surface area contributed by atoms with Crippen LogP contribution in [-0.2, 0) is 13.0 Å². The van der Waals surface area contributed by atoms with E-state index in [0.29, 0.717) is 0 Å². The maximum atomic E-state index is 11.6. The number of fused-ring (bicyclic) bond motifs is 3. The number of aromatic nitrogens is 2. The number of rotatable bonds is 0. The summed E-state index contributed by atoms with van der Waals surface area (Å²) in [5.41, 5.74) is 1.03. The van der Waals surface area contributed by atoms with E-state index in [1.54, 1.807) is 4.57 Å². The van der Waals surface area contributed by atoms with Gasteiger partial charge in [0.15, 0.2) is 0 Å². The molecule has 0 unspecified atom stereocenters. The largest absolute Gasteiger partial charge is 0.371 e. The molecule has 0 amide bonds. The van der Waals surface area contributed by atoms with Crippen LogP contribution < -0.4 is 16.3 Å². The average molecular weight is 192 g/mol. The van der Waals surface area contributed by atoms with Gasteiger partial charge in [-0.3, -0.25) is 4.57 Å². The van der Waals surface area contributed by atoms with Crippen LogP contribution in [0.1, 0.15) is 12.0 Å². The lowest BCUT2D eigenvalue weighted by molar-refractivity contribution is 0.592. The van der Waals surface area contributed by atoms with Crippen molar-refractivity contribution in [2.75, 3.05) is 23.7 Å². The molecule has 3 rings (SSSR count). The van der Waals surface area contributed by atoms with E-state index >= 15 is 0 Å². The zero-order chi connectivity index (χ0) is 9.54. The molecule has 0 spiro atoms. The van der Waals surface area contributed by atoms with Gasteiger partial charge in [0.2, 0.25) is 0 Å². The molecule has 0 atom stereocenters. The topological polar surface area (TPSA) is 59.0 Å². The Morgan fingerprint density at radius 3 is 3.14 bits per heavy atom. The lowest BCUT2D eigenvalue weighted by atomic mass is 10.2. The molecule has 0 bridgehead atoms. The summed E-state index contributed by atoms with van der Waals surface area (Å²) < 4.78 is 1.75. The van der Waals surface area contributed by atoms with Gasteiger partial charge in [-0.2, -0.15) is 4.98 Å². The first-order valence-electron chi connectivity index (χ1n) is 4.98. The molecule has 1 aromatic heterocycles. The zero-order valence-corrected chi connectivity index (χ0v) is 7.84. The SMILES string of the molecule is O=c1nc2c(c3n1CCCN3)CCN2. The fraction of sp³-hybridized carbons (Fsp3) is 0.556. The van der Waals surface area contributed by atoms with Gasteiger partial charge in [0.05, 0.1) is 0 Å². The number of anilines is 2. The average Bonchev–Trinajstić information content (AvgIpc) is 2.66. The number of hydrogen-bond acceptors (Lipinski definition) is 4. The van der Waals surface area contributed by atoms with Gasteiger partial charge in [-0.1, -0.05) is 0 Å². The van der Waals surface area contributed by atoms with Crippen molar-refractivity contribution in [3.63, 3.8) is 0 Å². The molecule has 1 aromatic rings. The summed E-state index contributed by atoms with van der Waals surface area (Å²) >= 11 is 0. The van der Waals surface area contributed by atoms with Crippen molar-refractivity contribution in [1.29, 1.82) is 0 Å². The van der Waals surface area contributed by atoms with Crippen molar-refractivity contribution in [2.45, 2.75) is 19.4 Å². The number of nitrogens with zero attached hydrogens (tertiary/aromatic N) is 2. The van der Waals surface area contributed by atoms with E-state index in [2.05, 4.69) is 15.6 Å². The summed E-state index contributed by atoms with van der Waals surface area (Å²) in [4.78, 5) is 15.6. The molecule has 0 radical (unpaired) electrons. The second-order valence-corrected chi connectivity index (χ2v) is 3.68. The van der Waals surface area contributed by atoms with Crippen molar-refractivity contribution >= 4 is 11.6 Å². The molecule has 0 fully saturated rings. The van der Waals surface area contributed by atoms with Crippen molar-refractivity contribution in [1.82, 2.24) is 9.55 Å². The predicted molar refractivity (Wildman–Crippen MR) is 53.8 cm³/mol. The molecule has 2 aliphatic rings. The van der Waals surface area contributed by atoms with E-state index in [1.807, 2.05) is 0 Å². The lowest BCUT2D eigenvalue weighted by Gasteiger charge is -2.21. The minimum absolute atomic E-state index is 0.139. The quantitative estimate of drug-likeness (QED) is 0.608. The van der Waals surface area contributed by atoms with Gasteiger partial charge in [-0.15, -0.1) is 0 Å². The molecule has 14 heavy (non-hydrogen) atoms. The van der Waals surface area contributed by atoms with Gasteiger partial charge in [0.1, 0.15) is 11.6 Å². The van der Waals surface area contributed by atoms with Crippen LogP contribution in [0.25, 0.3) is 0 Å². The zero-order valence-electron chi connectivity index (χ0n) is 7.84. The smallest absolute Gasteiger partial charge is 0.351 e. The standard InChI is InChI=1S/C9H12N4O/c14-9-12-7-6(2-4-10-7)8-11-3-1-5-13(8)9/h11H,1-5H2,(H,10,12,14). The van der Waals surface area contributed by atoms with Gasteiger partial charge < -0.3 is 10.6 Å². The normalized spacial score (nSPS) is 18.0. The van der Waals surface area contributed by atoms with Crippen LogP contribution in [0.3, 0.4) is 0 Å². The summed E-state index contributed by atoms with van der Waals surface area (Å²) in [6.45, 7) is 2.64. The van der Waals surface area contributed by atoms with Crippen molar-refractivity contribution in [3.05, 3.63) is 16.0 Å². The van der Waals surface area contributed by atoms with Gasteiger partial charge in [-0.05, 0) is 12.8 Å². The predicted octanol–water partition coefficient (Wildman–Crippen LogP) is 0.0269. The second-order valence-electron chi connectivity index (χ2n) is 3.68. The van der Waals surface area contributed by atoms with E-state index in [-0.39, 0.29) is 5.69 Å². The molecule has 74 valence electrons. The monoisotopic (exact) mass is 192 g/mol. The fourth-order valence-electron chi connectivity index (χ4n) is 2.14. The lowest BCUT2D eigenvalue weighted by Crippen LogP contribution is -2.31. The number of nitrogens with one attached hydrogen (secondary N) is 2. The molecule has 0 saturated heterocycles. The summed E-state index contributed by atoms with van der Waals surface area (Å²) in [7, 11) is 0. The Morgan fingerprint density at radius 1 is 1.29 bits per heavy atom. The third kappa shape index (κ3) is 0.950. The van der Waals surface area contributed by atoms with Crippen LogP contribution in [0.5, 0.6) is 0 Å². The highest BCUT2D eigenvalue weighted by atomic mass is 16.1. The first-order chi connectivity index (χ1) is 6.86. The molecular formula is C9H12N4O. The molecule has 5 nitrogen and oxygen atoms in total. The second kappa shape index (κ2) is 2.73. The molecule has 0 aliphatic carbocycles. The summed E-state index contributed by atoms with van der Waals surface area (Å²) in [5.74, 6) is 1.76. The maximum absolute atomic E-state index is 11.6. The van der Waals surface area contributed by atoms with E-state index in [9.17, 15) is 4.79 Å². The highest BCUT2D eigenvalue weighted by molar-refractivity contribution is 5.61. The summed E-state index contributed by atoms with van der Waals surface area (Å²) in [6, 6.07) is 0. The highest BCUT2D eigenvalue weighted by Crippen LogP contribution is 2.27. The van der Waals surface area contributed by atoms with E-state index in [1.165, 1.54) is 5.56 Å². The Morgan fingerprint density at radius 2 is 2.21 bits per heavy atom. The number of hydrogen-bond donors (Lipinski definition) is 2. The summed E-state index contributed by atoms with van der Waals surface area (Å²) in [6.07, 6.45) is 1.96. The van der Waals surface area contributed by atoms with Crippen LogP contribution in [0.15, 0.2) is 4.79 Å². The van der Waals surface area contributed by atoms with Crippen LogP contribution in [0, 0.1) is 0 Å².